The largest absolute Gasteiger partial charge is 0.495 e. The van der Waals surface area contributed by atoms with Gasteiger partial charge in [-0.15, -0.1) is 0 Å². The first-order chi connectivity index (χ1) is 12.5. The molecule has 0 amide bonds. The fourth-order valence-electron chi connectivity index (χ4n) is 3.28. The lowest BCUT2D eigenvalue weighted by atomic mass is 10.1. The van der Waals surface area contributed by atoms with E-state index >= 15 is 0 Å². The van der Waals surface area contributed by atoms with Crippen LogP contribution in [0.3, 0.4) is 0 Å². The highest BCUT2D eigenvalue weighted by atomic mass is 32.2. The van der Waals surface area contributed by atoms with Crippen LogP contribution in [0.2, 0.25) is 0 Å². The van der Waals surface area contributed by atoms with E-state index in [1.807, 2.05) is 12.1 Å². The normalized spacial score (nSPS) is 15.9. The van der Waals surface area contributed by atoms with Crippen LogP contribution in [-0.4, -0.2) is 46.0 Å². The van der Waals surface area contributed by atoms with Crippen LogP contribution in [0.4, 0.5) is 10.1 Å². The fraction of sp³-hybridized carbons (Fsp3) is 0.368. The van der Waals surface area contributed by atoms with Crippen LogP contribution in [0.5, 0.6) is 5.75 Å². The summed E-state index contributed by atoms with van der Waals surface area (Å²) in [4.78, 5) is 2.08. The molecule has 1 saturated heterocycles. The van der Waals surface area contributed by atoms with Gasteiger partial charge < -0.3 is 9.64 Å². The third kappa shape index (κ3) is 3.54. The van der Waals surface area contributed by atoms with Gasteiger partial charge in [-0.3, -0.25) is 0 Å². The van der Waals surface area contributed by atoms with E-state index in [9.17, 15) is 12.8 Å². The van der Waals surface area contributed by atoms with Gasteiger partial charge in [0.15, 0.2) is 0 Å². The van der Waals surface area contributed by atoms with Gasteiger partial charge >= 0.3 is 0 Å². The molecular formula is C19H23FN2O3S. The molecule has 0 radical (unpaired) electrons. The molecule has 0 bridgehead atoms. The molecule has 5 nitrogen and oxygen atoms in total. The van der Waals surface area contributed by atoms with Crippen LogP contribution in [-0.2, 0) is 16.4 Å². The fourth-order valence-corrected chi connectivity index (χ4v) is 4.87. The monoisotopic (exact) mass is 378 g/mol. The Balaban J connectivity index is 1.80. The molecule has 3 rings (SSSR count). The molecule has 2 aromatic carbocycles. The summed E-state index contributed by atoms with van der Waals surface area (Å²) in [5.41, 5.74) is 2.39. The summed E-state index contributed by atoms with van der Waals surface area (Å²) in [5.74, 6) is -0.440. The number of nitrogens with zero attached hydrogens (tertiary/aromatic N) is 2. The summed E-state index contributed by atoms with van der Waals surface area (Å²) >= 11 is 0. The predicted molar refractivity (Wildman–Crippen MR) is 99.7 cm³/mol. The zero-order valence-corrected chi connectivity index (χ0v) is 15.8. The van der Waals surface area contributed by atoms with Crippen molar-refractivity contribution < 1.29 is 17.5 Å². The summed E-state index contributed by atoms with van der Waals surface area (Å²) in [7, 11) is -2.43. The molecule has 0 spiro atoms. The molecule has 140 valence electrons. The van der Waals surface area contributed by atoms with Gasteiger partial charge in [0.1, 0.15) is 16.5 Å². The van der Waals surface area contributed by atoms with Crippen molar-refractivity contribution in [3.8, 4) is 5.75 Å². The van der Waals surface area contributed by atoms with Crippen molar-refractivity contribution in [3.05, 3.63) is 53.8 Å². The van der Waals surface area contributed by atoms with Gasteiger partial charge in [-0.2, -0.15) is 4.31 Å². The molecule has 2 aromatic rings. The maximum Gasteiger partial charge on any atom is 0.246 e. The number of sulfonamides is 1. The number of hydrogen-bond acceptors (Lipinski definition) is 4. The zero-order chi connectivity index (χ0) is 18.7. The average molecular weight is 378 g/mol. The number of hydrogen-bond donors (Lipinski definition) is 0. The van der Waals surface area contributed by atoms with Gasteiger partial charge in [0, 0.05) is 31.9 Å². The van der Waals surface area contributed by atoms with Crippen molar-refractivity contribution in [3.63, 3.8) is 0 Å². The first-order valence-electron chi connectivity index (χ1n) is 8.64. The van der Waals surface area contributed by atoms with E-state index in [-0.39, 0.29) is 10.6 Å². The summed E-state index contributed by atoms with van der Waals surface area (Å²) < 4.78 is 46.0. The predicted octanol–water partition coefficient (Wildman–Crippen LogP) is 2.91. The number of ether oxygens (including phenoxy) is 1. The second-order valence-corrected chi connectivity index (χ2v) is 8.07. The molecule has 0 saturated carbocycles. The lowest BCUT2D eigenvalue weighted by Crippen LogP contribution is -2.49. The maximum absolute atomic E-state index is 13.6. The van der Waals surface area contributed by atoms with Crippen LogP contribution in [0, 0.1) is 5.82 Å². The van der Waals surface area contributed by atoms with Crippen molar-refractivity contribution in [2.24, 2.45) is 0 Å². The molecule has 26 heavy (non-hydrogen) atoms. The van der Waals surface area contributed by atoms with Gasteiger partial charge in [0.25, 0.3) is 0 Å². The van der Waals surface area contributed by atoms with E-state index in [0.29, 0.717) is 26.2 Å². The van der Waals surface area contributed by atoms with Gasteiger partial charge in [0.2, 0.25) is 10.0 Å². The summed E-state index contributed by atoms with van der Waals surface area (Å²) in [6.45, 7) is 3.98. The van der Waals surface area contributed by atoms with Gasteiger partial charge in [-0.05, 0) is 36.2 Å². The van der Waals surface area contributed by atoms with Gasteiger partial charge in [-0.1, -0.05) is 25.1 Å². The highest BCUT2D eigenvalue weighted by Gasteiger charge is 2.31. The lowest BCUT2D eigenvalue weighted by molar-refractivity contribution is 0.373. The van der Waals surface area contributed by atoms with Crippen molar-refractivity contribution in [2.75, 3.05) is 38.2 Å². The Morgan fingerprint density at radius 3 is 2.42 bits per heavy atom. The van der Waals surface area contributed by atoms with E-state index in [0.717, 1.165) is 18.2 Å². The highest BCUT2D eigenvalue weighted by Crippen LogP contribution is 2.29. The number of halogens is 1. The summed E-state index contributed by atoms with van der Waals surface area (Å²) in [5, 5.41) is 0. The first kappa shape index (κ1) is 18.7. The van der Waals surface area contributed by atoms with Crippen LogP contribution < -0.4 is 9.64 Å². The van der Waals surface area contributed by atoms with E-state index in [1.165, 1.54) is 29.1 Å². The number of aryl methyl sites for hydroxylation is 1. The summed E-state index contributed by atoms with van der Waals surface area (Å²) in [6, 6.07) is 11.7. The molecule has 7 heteroatoms. The second kappa shape index (κ2) is 7.63. The smallest absolute Gasteiger partial charge is 0.246 e. The number of benzene rings is 2. The second-order valence-electron chi connectivity index (χ2n) is 6.17. The number of methoxy groups -OCH3 is 1. The Morgan fingerprint density at radius 1 is 1.08 bits per heavy atom. The molecule has 0 aromatic heterocycles. The quantitative estimate of drug-likeness (QED) is 0.803. The molecule has 1 heterocycles. The van der Waals surface area contributed by atoms with E-state index in [1.54, 1.807) is 0 Å². The van der Waals surface area contributed by atoms with E-state index < -0.39 is 15.8 Å². The Kier molecular flexibility index (Phi) is 5.48. The van der Waals surface area contributed by atoms with Gasteiger partial charge in [-0.25, -0.2) is 12.8 Å². The molecular weight excluding hydrogens is 355 g/mol. The van der Waals surface area contributed by atoms with Crippen LogP contribution in [0.1, 0.15) is 12.5 Å². The van der Waals surface area contributed by atoms with Crippen LogP contribution >= 0.6 is 0 Å². The van der Waals surface area contributed by atoms with Crippen LogP contribution in [0.15, 0.2) is 47.4 Å². The first-order valence-corrected chi connectivity index (χ1v) is 10.1. The third-order valence-electron chi connectivity index (χ3n) is 4.70. The minimum Gasteiger partial charge on any atom is -0.495 e. The van der Waals surface area contributed by atoms with Crippen molar-refractivity contribution in [2.45, 2.75) is 18.2 Å². The van der Waals surface area contributed by atoms with E-state index in [2.05, 4.69) is 24.0 Å². The molecule has 0 aliphatic carbocycles. The van der Waals surface area contributed by atoms with Crippen molar-refractivity contribution >= 4 is 15.7 Å². The van der Waals surface area contributed by atoms with Crippen LogP contribution in [0.25, 0.3) is 0 Å². The van der Waals surface area contributed by atoms with E-state index in [4.69, 9.17) is 4.74 Å². The Bertz CT molecular complexity index is 878. The standard InChI is InChI=1S/C19H23FN2O3S/c1-3-15-6-4-5-7-17(15)21-10-12-22(13-11-21)26(23,24)19-14-16(20)8-9-18(19)25-2/h4-9,14H,3,10-13H2,1-2H3. The Morgan fingerprint density at radius 2 is 1.77 bits per heavy atom. The minimum atomic E-state index is -3.81. The SMILES string of the molecule is CCc1ccccc1N1CCN(S(=O)(=O)c2cc(F)ccc2OC)CC1. The Labute approximate surface area is 154 Å². The molecule has 0 unspecified atom stereocenters. The number of piperazine rings is 1. The molecule has 0 atom stereocenters. The minimum absolute atomic E-state index is 0.123. The average Bonchev–Trinajstić information content (AvgIpc) is 2.68. The highest BCUT2D eigenvalue weighted by molar-refractivity contribution is 7.89. The number of anilines is 1. The molecule has 1 aliphatic rings. The Hall–Kier alpha value is -2.12. The maximum atomic E-state index is 13.6. The molecule has 1 aliphatic heterocycles. The number of rotatable bonds is 5. The number of para-hydroxylation sites is 1. The van der Waals surface area contributed by atoms with Crippen molar-refractivity contribution in [1.82, 2.24) is 4.31 Å². The van der Waals surface area contributed by atoms with Crippen molar-refractivity contribution in [1.29, 1.82) is 0 Å². The third-order valence-corrected chi connectivity index (χ3v) is 6.62. The van der Waals surface area contributed by atoms with Gasteiger partial charge in [0.05, 0.1) is 7.11 Å². The topological polar surface area (TPSA) is 49.9 Å². The summed E-state index contributed by atoms with van der Waals surface area (Å²) in [6.07, 6.45) is 0.926. The molecule has 0 N–H and O–H groups in total. The lowest BCUT2D eigenvalue weighted by Gasteiger charge is -2.36. The molecule has 1 fully saturated rings. The zero-order valence-electron chi connectivity index (χ0n) is 15.0.